The predicted octanol–water partition coefficient (Wildman–Crippen LogP) is 1.15. The maximum Gasteiger partial charge on any atom is 0.253 e. The van der Waals surface area contributed by atoms with Crippen LogP contribution < -0.4 is 9.99 Å². The summed E-state index contributed by atoms with van der Waals surface area (Å²) in [5.41, 5.74) is 0.807. The molecule has 0 amide bonds. The normalized spacial score (nSPS) is 17.3. The van der Waals surface area contributed by atoms with Gasteiger partial charge in [0.15, 0.2) is 0 Å². The van der Waals surface area contributed by atoms with E-state index >= 15 is 0 Å². The molecule has 7 heteroatoms. The van der Waals surface area contributed by atoms with Gasteiger partial charge in [0.2, 0.25) is 5.95 Å². The summed E-state index contributed by atoms with van der Waals surface area (Å²) in [6, 6.07) is 1.81. The highest BCUT2D eigenvalue weighted by atomic mass is 31.2. The first-order chi connectivity index (χ1) is 8.72. The fourth-order valence-corrected chi connectivity index (χ4v) is 2.37. The maximum atomic E-state index is 9.49. The van der Waals surface area contributed by atoms with Gasteiger partial charge in [-0.2, -0.15) is 0 Å². The second-order valence-corrected chi connectivity index (χ2v) is 4.98. The molecule has 0 radical (unpaired) electrons. The van der Waals surface area contributed by atoms with Crippen molar-refractivity contribution < 1.29 is 9.42 Å². The first-order valence-electron chi connectivity index (χ1n) is 5.82. The molecule has 18 heavy (non-hydrogen) atoms. The van der Waals surface area contributed by atoms with E-state index in [1.165, 1.54) is 0 Å². The summed E-state index contributed by atoms with van der Waals surface area (Å²) in [6.07, 6.45) is 3.44. The molecule has 1 fully saturated rings. The monoisotopic (exact) mass is 268 g/mol. The van der Waals surface area contributed by atoms with E-state index in [-0.39, 0.29) is 6.10 Å². The maximum absolute atomic E-state index is 9.49. The Balaban J connectivity index is 1.83. The molecule has 2 rings (SSSR count). The van der Waals surface area contributed by atoms with Crippen LogP contribution in [0.15, 0.2) is 18.8 Å². The van der Waals surface area contributed by atoms with Gasteiger partial charge in [-0.3, -0.25) is 5.09 Å². The van der Waals surface area contributed by atoms with Crippen LogP contribution in [0.5, 0.6) is 0 Å². The minimum atomic E-state index is -1.51. The third-order valence-corrected chi connectivity index (χ3v) is 3.63. The SMILES string of the molecule is C=Cc1ccnc(N2CC(OP(O)NCC)C2)n1. The van der Waals surface area contributed by atoms with Gasteiger partial charge in [-0.05, 0) is 12.1 Å². The van der Waals surface area contributed by atoms with E-state index in [4.69, 9.17) is 4.52 Å². The van der Waals surface area contributed by atoms with Gasteiger partial charge >= 0.3 is 0 Å². The fraction of sp³-hybridized carbons (Fsp3) is 0.455. The highest BCUT2D eigenvalue weighted by Crippen LogP contribution is 2.31. The van der Waals surface area contributed by atoms with Crippen LogP contribution in [0.3, 0.4) is 0 Å². The second kappa shape index (κ2) is 6.20. The Morgan fingerprint density at radius 2 is 2.50 bits per heavy atom. The summed E-state index contributed by atoms with van der Waals surface area (Å²) in [5.74, 6) is 0.679. The Morgan fingerprint density at radius 3 is 3.17 bits per heavy atom. The molecule has 1 aromatic heterocycles. The van der Waals surface area contributed by atoms with Gasteiger partial charge in [0.1, 0.15) is 6.10 Å². The Labute approximate surface area is 108 Å². The summed E-state index contributed by atoms with van der Waals surface area (Å²) >= 11 is 0. The van der Waals surface area contributed by atoms with Crippen molar-refractivity contribution in [2.45, 2.75) is 13.0 Å². The van der Waals surface area contributed by atoms with Crippen molar-refractivity contribution in [2.24, 2.45) is 0 Å². The standard InChI is InChI=1S/C11H17N4O2P/c1-3-9-5-6-12-11(14-9)15-7-10(8-15)17-18(16)13-4-2/h3,5-6,10,13,16H,1,4,7-8H2,2H3. The lowest BCUT2D eigenvalue weighted by atomic mass is 10.2. The van der Waals surface area contributed by atoms with E-state index in [0.717, 1.165) is 5.69 Å². The molecule has 1 atom stereocenters. The van der Waals surface area contributed by atoms with Crippen LogP contribution in [-0.2, 0) is 4.52 Å². The average Bonchev–Trinajstić information content (AvgIpc) is 2.33. The van der Waals surface area contributed by atoms with Crippen molar-refractivity contribution in [3.05, 3.63) is 24.5 Å². The zero-order valence-corrected chi connectivity index (χ0v) is 11.2. The molecule has 0 aliphatic carbocycles. The lowest BCUT2D eigenvalue weighted by Gasteiger charge is -2.39. The number of aromatic nitrogens is 2. The Morgan fingerprint density at radius 1 is 1.72 bits per heavy atom. The molecular weight excluding hydrogens is 251 g/mol. The first-order valence-corrected chi connectivity index (χ1v) is 7.04. The van der Waals surface area contributed by atoms with Crippen LogP contribution in [0.25, 0.3) is 6.08 Å². The van der Waals surface area contributed by atoms with E-state index in [1.807, 2.05) is 17.9 Å². The average molecular weight is 268 g/mol. The molecule has 0 spiro atoms. The zero-order chi connectivity index (χ0) is 13.0. The van der Waals surface area contributed by atoms with Gasteiger partial charge in [0.05, 0.1) is 5.69 Å². The van der Waals surface area contributed by atoms with Crippen LogP contribution in [0.1, 0.15) is 12.6 Å². The van der Waals surface area contributed by atoms with E-state index in [9.17, 15) is 4.89 Å². The van der Waals surface area contributed by atoms with Crippen LogP contribution >= 0.6 is 8.53 Å². The van der Waals surface area contributed by atoms with Gasteiger partial charge in [-0.15, -0.1) is 0 Å². The van der Waals surface area contributed by atoms with Crippen LogP contribution in [-0.4, -0.2) is 40.6 Å². The zero-order valence-electron chi connectivity index (χ0n) is 10.3. The molecule has 6 nitrogen and oxygen atoms in total. The Hall–Kier alpha value is -1.07. The van der Waals surface area contributed by atoms with Gasteiger partial charge in [-0.25, -0.2) is 9.97 Å². The molecule has 1 aromatic rings. The lowest BCUT2D eigenvalue weighted by Crippen LogP contribution is -2.52. The molecule has 1 aliphatic heterocycles. The third kappa shape index (κ3) is 3.23. The minimum absolute atomic E-state index is 0.0381. The molecule has 2 N–H and O–H groups in total. The van der Waals surface area contributed by atoms with E-state index in [2.05, 4.69) is 21.6 Å². The fourth-order valence-electron chi connectivity index (χ4n) is 1.61. The number of anilines is 1. The molecule has 1 aliphatic rings. The molecule has 98 valence electrons. The first kappa shape index (κ1) is 13.4. The second-order valence-electron chi connectivity index (χ2n) is 3.90. The van der Waals surface area contributed by atoms with Gasteiger partial charge in [0.25, 0.3) is 8.53 Å². The summed E-state index contributed by atoms with van der Waals surface area (Å²) < 4.78 is 5.43. The van der Waals surface area contributed by atoms with Crippen LogP contribution in [0.2, 0.25) is 0 Å². The van der Waals surface area contributed by atoms with Gasteiger partial charge < -0.3 is 14.3 Å². The Bertz CT molecular complexity index is 412. The van der Waals surface area contributed by atoms with E-state index in [1.54, 1.807) is 12.3 Å². The summed E-state index contributed by atoms with van der Waals surface area (Å²) in [6.45, 7) is 7.70. The number of hydrogen-bond acceptors (Lipinski definition) is 6. The molecule has 0 saturated carbocycles. The highest BCUT2D eigenvalue weighted by molar-refractivity contribution is 7.43. The molecular formula is C11H17N4O2P. The summed E-state index contributed by atoms with van der Waals surface area (Å²) in [4.78, 5) is 20.0. The molecule has 0 aromatic carbocycles. The van der Waals surface area contributed by atoms with E-state index in [0.29, 0.717) is 25.6 Å². The van der Waals surface area contributed by atoms with Crippen molar-refractivity contribution in [1.29, 1.82) is 0 Å². The van der Waals surface area contributed by atoms with Crippen molar-refractivity contribution in [2.75, 3.05) is 24.5 Å². The van der Waals surface area contributed by atoms with Crippen molar-refractivity contribution >= 4 is 20.6 Å². The smallest absolute Gasteiger partial charge is 0.253 e. The van der Waals surface area contributed by atoms with E-state index < -0.39 is 8.53 Å². The van der Waals surface area contributed by atoms with Crippen molar-refractivity contribution in [3.8, 4) is 0 Å². The number of nitrogens with zero attached hydrogens (tertiary/aromatic N) is 3. The molecule has 1 unspecified atom stereocenters. The number of hydrogen-bond donors (Lipinski definition) is 2. The minimum Gasteiger partial charge on any atom is -0.338 e. The summed E-state index contributed by atoms with van der Waals surface area (Å²) in [5, 5.41) is 2.85. The molecule has 1 saturated heterocycles. The lowest BCUT2D eigenvalue weighted by molar-refractivity contribution is 0.163. The van der Waals surface area contributed by atoms with Gasteiger partial charge in [-0.1, -0.05) is 13.5 Å². The largest absolute Gasteiger partial charge is 0.338 e. The highest BCUT2D eigenvalue weighted by Gasteiger charge is 2.31. The summed E-state index contributed by atoms with van der Waals surface area (Å²) in [7, 11) is -1.51. The topological polar surface area (TPSA) is 70.5 Å². The number of nitrogens with one attached hydrogen (secondary N) is 1. The van der Waals surface area contributed by atoms with Crippen molar-refractivity contribution in [1.82, 2.24) is 15.1 Å². The quantitative estimate of drug-likeness (QED) is 0.754. The van der Waals surface area contributed by atoms with Gasteiger partial charge in [0, 0.05) is 25.8 Å². The van der Waals surface area contributed by atoms with Crippen LogP contribution in [0, 0.1) is 0 Å². The molecule has 0 bridgehead atoms. The van der Waals surface area contributed by atoms with Crippen molar-refractivity contribution in [3.63, 3.8) is 0 Å². The predicted molar refractivity (Wildman–Crippen MR) is 72.0 cm³/mol. The Kier molecular flexibility index (Phi) is 4.60. The van der Waals surface area contributed by atoms with Crippen LogP contribution in [0.4, 0.5) is 5.95 Å². The number of rotatable bonds is 6. The third-order valence-electron chi connectivity index (χ3n) is 2.55. The molecule has 2 heterocycles.